The van der Waals surface area contributed by atoms with Crippen molar-refractivity contribution in [1.82, 2.24) is 20.0 Å². The van der Waals surface area contributed by atoms with Gasteiger partial charge in [0.2, 0.25) is 0 Å². The molecule has 1 aliphatic rings. The Morgan fingerprint density at radius 3 is 2.65 bits per heavy atom. The van der Waals surface area contributed by atoms with Crippen LogP contribution in [0.4, 0.5) is 13.6 Å². The summed E-state index contributed by atoms with van der Waals surface area (Å²) in [6, 6.07) is 2.35. The van der Waals surface area contributed by atoms with Crippen LogP contribution in [0.25, 0.3) is 0 Å². The van der Waals surface area contributed by atoms with Gasteiger partial charge in [-0.05, 0) is 31.5 Å². The molecule has 0 bridgehead atoms. The molecule has 6 nitrogen and oxygen atoms in total. The molecule has 26 heavy (non-hydrogen) atoms. The van der Waals surface area contributed by atoms with E-state index in [0.29, 0.717) is 37.3 Å². The van der Waals surface area contributed by atoms with Crippen LogP contribution in [-0.4, -0.2) is 32.4 Å². The van der Waals surface area contributed by atoms with E-state index in [4.69, 9.17) is 0 Å². The van der Waals surface area contributed by atoms with Crippen LogP contribution in [0.3, 0.4) is 0 Å². The quantitative estimate of drug-likeness (QED) is 0.876. The summed E-state index contributed by atoms with van der Waals surface area (Å²) in [7, 11) is 0. The number of carbonyl (C=O) groups is 1. The number of aliphatic hydroxyl groups is 1. The minimum absolute atomic E-state index is 0.177. The van der Waals surface area contributed by atoms with Gasteiger partial charge in [-0.15, -0.1) is 0 Å². The lowest BCUT2D eigenvalue weighted by Gasteiger charge is -2.29. The molecule has 1 atom stereocenters. The third-order valence-corrected chi connectivity index (χ3v) is 4.68. The number of halogens is 2. The third kappa shape index (κ3) is 3.55. The van der Waals surface area contributed by atoms with Gasteiger partial charge in [-0.2, -0.15) is 5.10 Å². The molecule has 0 radical (unpaired) electrons. The first kappa shape index (κ1) is 18.3. The zero-order valence-corrected chi connectivity index (χ0v) is 14.8. The van der Waals surface area contributed by atoms with Crippen LogP contribution in [-0.2, 0) is 26.1 Å². The number of aryl methyl sites for hydroxylation is 1. The fourth-order valence-corrected chi connectivity index (χ4v) is 3.31. The molecule has 0 saturated heterocycles. The zero-order chi connectivity index (χ0) is 18.8. The second kappa shape index (κ2) is 7.41. The second-order valence-corrected chi connectivity index (χ2v) is 6.39. The molecule has 2 heterocycles. The number of aliphatic hydroxyl groups excluding tert-OH is 1. The molecule has 3 rings (SSSR count). The van der Waals surface area contributed by atoms with E-state index in [0.717, 1.165) is 17.3 Å². The molecule has 0 fully saturated rings. The molecule has 2 aromatic rings. The van der Waals surface area contributed by atoms with E-state index in [1.165, 1.54) is 12.1 Å². The van der Waals surface area contributed by atoms with Crippen molar-refractivity contribution in [1.29, 1.82) is 0 Å². The van der Waals surface area contributed by atoms with Gasteiger partial charge >= 0.3 is 6.03 Å². The van der Waals surface area contributed by atoms with E-state index in [2.05, 4.69) is 10.4 Å². The van der Waals surface area contributed by atoms with E-state index in [-0.39, 0.29) is 12.6 Å². The van der Waals surface area contributed by atoms with Gasteiger partial charge in [-0.1, -0.05) is 0 Å². The summed E-state index contributed by atoms with van der Waals surface area (Å²) >= 11 is 0. The van der Waals surface area contributed by atoms with Gasteiger partial charge in [0.1, 0.15) is 11.6 Å². The Labute approximate surface area is 150 Å². The predicted molar refractivity (Wildman–Crippen MR) is 91.2 cm³/mol. The highest BCUT2D eigenvalue weighted by molar-refractivity contribution is 5.75. The van der Waals surface area contributed by atoms with Gasteiger partial charge in [-0.25, -0.2) is 13.6 Å². The van der Waals surface area contributed by atoms with Crippen LogP contribution < -0.4 is 5.32 Å². The van der Waals surface area contributed by atoms with Crippen LogP contribution in [0.2, 0.25) is 0 Å². The van der Waals surface area contributed by atoms with Crippen LogP contribution in [0.1, 0.15) is 42.4 Å². The van der Waals surface area contributed by atoms with Crippen LogP contribution in [0.15, 0.2) is 18.2 Å². The molecule has 0 unspecified atom stereocenters. The number of carbonyl (C=O) groups excluding carboxylic acids is 1. The molecule has 1 aromatic carbocycles. The second-order valence-electron chi connectivity index (χ2n) is 6.39. The van der Waals surface area contributed by atoms with Gasteiger partial charge in [0.15, 0.2) is 0 Å². The Morgan fingerprint density at radius 1 is 1.35 bits per heavy atom. The maximum atomic E-state index is 13.4. The summed E-state index contributed by atoms with van der Waals surface area (Å²) in [4.78, 5) is 14.2. The molecule has 1 aliphatic heterocycles. The summed E-state index contributed by atoms with van der Waals surface area (Å²) < 4.78 is 28.6. The highest BCUT2D eigenvalue weighted by atomic mass is 19.1. The lowest BCUT2D eigenvalue weighted by molar-refractivity contribution is 0.187. The van der Waals surface area contributed by atoms with Crippen molar-refractivity contribution in [2.45, 2.75) is 46.0 Å². The highest BCUT2D eigenvalue weighted by Gasteiger charge is 2.27. The molecule has 8 heteroatoms. The Hall–Kier alpha value is -2.48. The van der Waals surface area contributed by atoms with Crippen LogP contribution >= 0.6 is 0 Å². The average molecular weight is 364 g/mol. The molecular formula is C18H22F2N4O2. The van der Waals surface area contributed by atoms with Crippen molar-refractivity contribution in [3.05, 3.63) is 52.3 Å². The van der Waals surface area contributed by atoms with E-state index in [9.17, 15) is 18.7 Å². The minimum Gasteiger partial charge on any atom is -0.390 e. The number of rotatable bonds is 4. The number of amides is 2. The Bertz CT molecular complexity index is 802. The predicted octanol–water partition coefficient (Wildman–Crippen LogP) is 2.50. The van der Waals surface area contributed by atoms with E-state index >= 15 is 0 Å². The molecule has 1 aromatic heterocycles. The van der Waals surface area contributed by atoms with Gasteiger partial charge in [-0.3, -0.25) is 4.68 Å². The summed E-state index contributed by atoms with van der Waals surface area (Å²) in [5, 5.41) is 16.7. The fourth-order valence-electron chi connectivity index (χ4n) is 3.31. The summed E-state index contributed by atoms with van der Waals surface area (Å²) in [5.41, 5.74) is 2.86. The molecular weight excluding hydrogens is 342 g/mol. The smallest absolute Gasteiger partial charge is 0.318 e. The molecule has 0 aliphatic carbocycles. The molecule has 0 spiro atoms. The Balaban J connectivity index is 1.72. The number of nitrogens with zero attached hydrogens (tertiary/aromatic N) is 3. The normalized spacial score (nSPS) is 14.9. The van der Waals surface area contributed by atoms with Gasteiger partial charge in [0, 0.05) is 36.8 Å². The van der Waals surface area contributed by atoms with Crippen molar-refractivity contribution in [3.8, 4) is 0 Å². The number of nitrogens with one attached hydrogen (secondary N) is 1. The Kier molecular flexibility index (Phi) is 5.22. The maximum absolute atomic E-state index is 13.4. The van der Waals surface area contributed by atoms with Crippen molar-refractivity contribution < 1.29 is 18.7 Å². The van der Waals surface area contributed by atoms with E-state index in [1.54, 1.807) is 11.8 Å². The fraction of sp³-hybridized carbons (Fsp3) is 0.444. The van der Waals surface area contributed by atoms with E-state index < -0.39 is 17.7 Å². The molecule has 0 saturated carbocycles. The SMILES string of the molecule is CCn1nc(CO)c2c1CCN(C(=O)N[C@H](C)c1cc(F)cc(F)c1)C2. The number of fused-ring (bicyclic) bond motifs is 1. The van der Waals surface area contributed by atoms with Crippen molar-refractivity contribution in [2.24, 2.45) is 0 Å². The number of hydrogen-bond donors (Lipinski definition) is 2. The summed E-state index contributed by atoms with van der Waals surface area (Å²) in [6.45, 7) is 5.05. The van der Waals surface area contributed by atoms with Gasteiger partial charge < -0.3 is 15.3 Å². The zero-order valence-electron chi connectivity index (χ0n) is 14.8. The summed E-state index contributed by atoms with van der Waals surface area (Å²) in [6.07, 6.45) is 0.645. The third-order valence-electron chi connectivity index (χ3n) is 4.68. The molecule has 2 N–H and O–H groups in total. The number of benzene rings is 1. The van der Waals surface area contributed by atoms with Crippen LogP contribution in [0.5, 0.6) is 0 Å². The van der Waals surface area contributed by atoms with Gasteiger partial charge in [0.05, 0.1) is 24.9 Å². The summed E-state index contributed by atoms with van der Waals surface area (Å²) in [5.74, 6) is -1.36. The lowest BCUT2D eigenvalue weighted by atomic mass is 10.1. The monoisotopic (exact) mass is 364 g/mol. The van der Waals surface area contributed by atoms with Crippen molar-refractivity contribution in [2.75, 3.05) is 6.54 Å². The first-order valence-electron chi connectivity index (χ1n) is 8.62. The van der Waals surface area contributed by atoms with Crippen molar-refractivity contribution in [3.63, 3.8) is 0 Å². The molecule has 2 amide bonds. The number of aromatic nitrogens is 2. The van der Waals surface area contributed by atoms with Crippen LogP contribution in [0, 0.1) is 11.6 Å². The van der Waals surface area contributed by atoms with Crippen molar-refractivity contribution >= 4 is 6.03 Å². The largest absolute Gasteiger partial charge is 0.390 e. The van der Waals surface area contributed by atoms with E-state index in [1.807, 2.05) is 11.6 Å². The number of hydrogen-bond acceptors (Lipinski definition) is 3. The lowest BCUT2D eigenvalue weighted by Crippen LogP contribution is -2.43. The standard InChI is InChI=1S/C18H22F2N4O2/c1-3-24-17-4-5-23(9-15(17)16(10-25)22-24)18(26)21-11(2)12-6-13(19)8-14(20)7-12/h6-8,11,25H,3-5,9-10H2,1-2H3,(H,21,26)/t11-/m1/s1. The first-order chi connectivity index (χ1) is 12.4. The maximum Gasteiger partial charge on any atom is 0.318 e. The number of urea groups is 1. The van der Waals surface area contributed by atoms with Gasteiger partial charge in [0.25, 0.3) is 0 Å². The Morgan fingerprint density at radius 2 is 2.04 bits per heavy atom. The topological polar surface area (TPSA) is 70.4 Å². The molecule has 140 valence electrons. The average Bonchev–Trinajstić information content (AvgIpc) is 2.97. The highest BCUT2D eigenvalue weighted by Crippen LogP contribution is 2.24. The first-order valence-corrected chi connectivity index (χ1v) is 8.62. The minimum atomic E-state index is -0.678.